The van der Waals surface area contributed by atoms with Crippen LogP contribution in [0.1, 0.15) is 5.89 Å². The number of halogens is 1. The summed E-state index contributed by atoms with van der Waals surface area (Å²) in [5.74, 6) is -0.245. The molecule has 1 saturated heterocycles. The summed E-state index contributed by atoms with van der Waals surface area (Å²) in [5, 5.41) is 26.6. The maximum Gasteiger partial charge on any atom is 0.246 e. The number of ether oxygens (including phenoxy) is 2. The lowest BCUT2D eigenvalue weighted by Gasteiger charge is -2.15. The van der Waals surface area contributed by atoms with Crippen LogP contribution in [0.4, 0.5) is 4.39 Å². The number of amides is 1. The summed E-state index contributed by atoms with van der Waals surface area (Å²) in [6, 6.07) is 5.61. The van der Waals surface area contributed by atoms with Gasteiger partial charge in [-0.25, -0.2) is 4.39 Å². The molecule has 27 heavy (non-hydrogen) atoms. The molecule has 0 aliphatic carbocycles. The van der Waals surface area contributed by atoms with Crippen molar-refractivity contribution < 1.29 is 33.4 Å². The van der Waals surface area contributed by atoms with Crippen molar-refractivity contribution in [3.05, 3.63) is 36.0 Å². The molecule has 0 radical (unpaired) electrons. The van der Waals surface area contributed by atoms with E-state index < -0.39 is 24.4 Å². The summed E-state index contributed by atoms with van der Waals surface area (Å²) in [4.78, 5) is 15.6. The first-order valence-corrected chi connectivity index (χ1v) is 8.33. The van der Waals surface area contributed by atoms with E-state index in [9.17, 15) is 19.4 Å². The minimum absolute atomic E-state index is 0.0293. The predicted molar refractivity (Wildman–Crippen MR) is 89.0 cm³/mol. The standard InChI is InChI=1S/C17H20FN3O6/c1-25-8-13(22)19-7-12-16(24)15(23)11(26-12)6-14-20-17(21-27-14)9-2-4-10(18)5-3-9/h2-5,11-12,15-16,23-24H,6-8H2,1H3,(H,19,22)/t11-,12-,15-,16+/m0/s1. The normalized spacial score (nSPS) is 24.9. The minimum atomic E-state index is -1.17. The van der Waals surface area contributed by atoms with Gasteiger partial charge in [-0.2, -0.15) is 4.98 Å². The molecular formula is C17H20FN3O6. The predicted octanol–water partition coefficient (Wildman–Crippen LogP) is -0.330. The van der Waals surface area contributed by atoms with Gasteiger partial charge in [0.05, 0.1) is 12.5 Å². The quantitative estimate of drug-likeness (QED) is 0.595. The van der Waals surface area contributed by atoms with Crippen LogP contribution in [-0.4, -0.2) is 70.9 Å². The smallest absolute Gasteiger partial charge is 0.246 e. The first kappa shape index (κ1) is 19.4. The molecule has 3 N–H and O–H groups in total. The van der Waals surface area contributed by atoms with Crippen LogP contribution in [0.2, 0.25) is 0 Å². The summed E-state index contributed by atoms with van der Waals surface area (Å²) in [6.45, 7) is -0.0788. The molecule has 9 nitrogen and oxygen atoms in total. The Balaban J connectivity index is 1.59. The number of aliphatic hydroxyl groups is 2. The van der Waals surface area contributed by atoms with Crippen LogP contribution in [0.25, 0.3) is 11.4 Å². The van der Waals surface area contributed by atoms with Gasteiger partial charge in [0.15, 0.2) is 0 Å². The lowest BCUT2D eigenvalue weighted by Crippen LogP contribution is -2.40. The fourth-order valence-electron chi connectivity index (χ4n) is 2.79. The summed E-state index contributed by atoms with van der Waals surface area (Å²) in [5.41, 5.74) is 0.582. The van der Waals surface area contributed by atoms with Crippen molar-refractivity contribution in [3.63, 3.8) is 0 Å². The van der Waals surface area contributed by atoms with Gasteiger partial charge in [0, 0.05) is 19.2 Å². The largest absolute Gasteiger partial charge is 0.388 e. The lowest BCUT2D eigenvalue weighted by molar-refractivity contribution is -0.125. The van der Waals surface area contributed by atoms with Gasteiger partial charge in [0.25, 0.3) is 0 Å². The molecule has 0 saturated carbocycles. The molecule has 3 rings (SSSR count). The molecule has 2 aromatic rings. The molecule has 1 amide bonds. The molecule has 0 bridgehead atoms. The zero-order valence-corrected chi connectivity index (χ0v) is 14.5. The van der Waals surface area contributed by atoms with Crippen LogP contribution in [0.5, 0.6) is 0 Å². The van der Waals surface area contributed by atoms with E-state index >= 15 is 0 Å². The van der Waals surface area contributed by atoms with E-state index in [2.05, 4.69) is 15.5 Å². The van der Waals surface area contributed by atoms with Crippen LogP contribution in [0.15, 0.2) is 28.8 Å². The fourth-order valence-corrected chi connectivity index (χ4v) is 2.79. The van der Waals surface area contributed by atoms with Gasteiger partial charge in [0.1, 0.15) is 30.7 Å². The Morgan fingerprint density at radius 3 is 2.67 bits per heavy atom. The van der Waals surface area contributed by atoms with E-state index in [1.807, 2.05) is 0 Å². The Morgan fingerprint density at radius 2 is 1.96 bits per heavy atom. The molecule has 10 heteroatoms. The maximum absolute atomic E-state index is 13.0. The molecule has 0 unspecified atom stereocenters. The Bertz CT molecular complexity index is 768. The summed E-state index contributed by atoms with van der Waals surface area (Å²) >= 11 is 0. The van der Waals surface area contributed by atoms with Crippen molar-refractivity contribution in [2.45, 2.75) is 30.8 Å². The number of methoxy groups -OCH3 is 1. The number of benzene rings is 1. The number of aromatic nitrogens is 2. The number of hydrogen-bond donors (Lipinski definition) is 3. The second kappa shape index (κ2) is 8.53. The SMILES string of the molecule is COCC(=O)NC[C@@H]1O[C@@H](Cc2nc(-c3ccc(F)cc3)no2)[C@H](O)[C@@H]1O. The molecule has 4 atom stereocenters. The van der Waals surface area contributed by atoms with Crippen molar-refractivity contribution in [1.82, 2.24) is 15.5 Å². The molecule has 1 aromatic carbocycles. The Kier molecular flexibility index (Phi) is 6.11. The van der Waals surface area contributed by atoms with E-state index in [4.69, 9.17) is 14.0 Å². The topological polar surface area (TPSA) is 127 Å². The van der Waals surface area contributed by atoms with Gasteiger partial charge < -0.3 is 29.5 Å². The van der Waals surface area contributed by atoms with Crippen LogP contribution in [0, 0.1) is 5.82 Å². The van der Waals surface area contributed by atoms with E-state index in [1.54, 1.807) is 0 Å². The number of nitrogens with one attached hydrogen (secondary N) is 1. The van der Waals surface area contributed by atoms with Gasteiger partial charge in [-0.05, 0) is 24.3 Å². The van der Waals surface area contributed by atoms with E-state index in [0.29, 0.717) is 5.56 Å². The molecule has 1 aliphatic heterocycles. The molecule has 0 spiro atoms. The summed E-state index contributed by atoms with van der Waals surface area (Å²) < 4.78 is 28.4. The van der Waals surface area contributed by atoms with Gasteiger partial charge in [-0.3, -0.25) is 4.79 Å². The monoisotopic (exact) mass is 381 g/mol. The van der Waals surface area contributed by atoms with Gasteiger partial charge in [-0.15, -0.1) is 0 Å². The highest BCUT2D eigenvalue weighted by Crippen LogP contribution is 2.24. The van der Waals surface area contributed by atoms with Crippen LogP contribution in [0.3, 0.4) is 0 Å². The highest BCUT2D eigenvalue weighted by molar-refractivity contribution is 5.77. The van der Waals surface area contributed by atoms with Crippen LogP contribution < -0.4 is 5.32 Å². The third-order valence-electron chi connectivity index (χ3n) is 4.18. The molecule has 1 aliphatic rings. The second-order valence-electron chi connectivity index (χ2n) is 6.15. The Hall–Kier alpha value is -2.40. The van der Waals surface area contributed by atoms with Crippen molar-refractivity contribution in [2.24, 2.45) is 0 Å². The molecule has 146 valence electrons. The first-order chi connectivity index (χ1) is 13.0. The van der Waals surface area contributed by atoms with Crippen molar-refractivity contribution in [3.8, 4) is 11.4 Å². The summed E-state index contributed by atoms with van der Waals surface area (Å²) in [7, 11) is 1.39. The van der Waals surface area contributed by atoms with Gasteiger partial charge in [-0.1, -0.05) is 5.16 Å². The molecule has 1 aromatic heterocycles. The number of carbonyl (C=O) groups excluding carboxylic acids is 1. The van der Waals surface area contributed by atoms with E-state index in [-0.39, 0.29) is 43.0 Å². The lowest BCUT2D eigenvalue weighted by atomic mass is 10.1. The average Bonchev–Trinajstić information content (AvgIpc) is 3.21. The van der Waals surface area contributed by atoms with Crippen molar-refractivity contribution in [1.29, 1.82) is 0 Å². The number of rotatable bonds is 7. The highest BCUT2D eigenvalue weighted by Gasteiger charge is 2.43. The van der Waals surface area contributed by atoms with Crippen LogP contribution >= 0.6 is 0 Å². The minimum Gasteiger partial charge on any atom is -0.388 e. The second-order valence-corrected chi connectivity index (χ2v) is 6.15. The highest BCUT2D eigenvalue weighted by atomic mass is 19.1. The summed E-state index contributed by atoms with van der Waals surface area (Å²) in [6.07, 6.45) is -3.81. The number of aliphatic hydroxyl groups excluding tert-OH is 2. The van der Waals surface area contributed by atoms with Gasteiger partial charge >= 0.3 is 0 Å². The number of nitrogens with zero attached hydrogens (tertiary/aromatic N) is 2. The zero-order valence-electron chi connectivity index (χ0n) is 14.5. The van der Waals surface area contributed by atoms with E-state index in [0.717, 1.165) is 0 Å². The molecular weight excluding hydrogens is 361 g/mol. The molecule has 1 fully saturated rings. The van der Waals surface area contributed by atoms with Crippen molar-refractivity contribution in [2.75, 3.05) is 20.3 Å². The van der Waals surface area contributed by atoms with Crippen LogP contribution in [-0.2, 0) is 20.7 Å². The number of carbonyl (C=O) groups is 1. The number of hydrogen-bond acceptors (Lipinski definition) is 8. The molecule has 2 heterocycles. The fraction of sp³-hybridized carbons (Fsp3) is 0.471. The Morgan fingerprint density at radius 1 is 1.26 bits per heavy atom. The Labute approximate surface area is 154 Å². The maximum atomic E-state index is 13.0. The van der Waals surface area contributed by atoms with Gasteiger partial charge in [0.2, 0.25) is 17.6 Å². The zero-order chi connectivity index (χ0) is 19.4. The van der Waals surface area contributed by atoms with E-state index in [1.165, 1.54) is 31.4 Å². The third kappa shape index (κ3) is 4.66. The average molecular weight is 381 g/mol. The third-order valence-corrected chi connectivity index (χ3v) is 4.18. The first-order valence-electron chi connectivity index (χ1n) is 8.33. The van der Waals surface area contributed by atoms with Crippen molar-refractivity contribution >= 4 is 5.91 Å².